The molecule has 599 valence electrons. The van der Waals surface area contributed by atoms with Crippen molar-refractivity contribution in [3.63, 3.8) is 0 Å². The van der Waals surface area contributed by atoms with Crippen LogP contribution in [0.25, 0.3) is 119 Å². The third-order valence-corrected chi connectivity index (χ3v) is 17.8. The van der Waals surface area contributed by atoms with Gasteiger partial charge in [-0.05, 0) is 190 Å². The van der Waals surface area contributed by atoms with Gasteiger partial charge in [-0.1, -0.05) is 342 Å². The number of rotatable bonds is 1. The van der Waals surface area contributed by atoms with Gasteiger partial charge in [0, 0.05) is 102 Å². The Labute approximate surface area is 713 Å². The van der Waals surface area contributed by atoms with Gasteiger partial charge >= 0.3 is 0 Å². The van der Waals surface area contributed by atoms with Gasteiger partial charge in [-0.3, -0.25) is 4.98 Å². The predicted octanol–water partition coefficient (Wildman–Crippen LogP) is 34.8. The van der Waals surface area contributed by atoms with E-state index in [4.69, 9.17) is 0 Å². The van der Waals surface area contributed by atoms with E-state index in [1.807, 2.05) is 178 Å². The summed E-state index contributed by atoms with van der Waals surface area (Å²) >= 11 is 0. The van der Waals surface area contributed by atoms with E-state index in [2.05, 4.69) is 332 Å². The minimum atomic E-state index is 0. The fraction of sp³-hybridized carbons (Fsp3) is 0.312. The molecule has 0 aliphatic rings. The summed E-state index contributed by atoms with van der Waals surface area (Å²) in [6.45, 7) is 65.2. The number of nitrogens with zero attached hydrogens (tertiary/aromatic N) is 3. The summed E-state index contributed by atoms with van der Waals surface area (Å²) in [7, 11) is 4.25. The van der Waals surface area contributed by atoms with Crippen LogP contribution in [0.3, 0.4) is 0 Å². The molecule has 3 nitrogen and oxygen atoms in total. The van der Waals surface area contributed by atoms with Gasteiger partial charge in [0.15, 0.2) is 0 Å². The molecule has 0 spiro atoms. The third kappa shape index (κ3) is 27.5. The number of hydrogen-bond donors (Lipinski definition) is 0. The van der Waals surface area contributed by atoms with Crippen LogP contribution < -0.4 is 0 Å². The fourth-order valence-corrected chi connectivity index (χ4v) is 13.0. The Bertz CT molecular complexity index is 5220. The Balaban J connectivity index is 0.00000128. The van der Waals surface area contributed by atoms with Gasteiger partial charge in [0.1, 0.15) is 0 Å². The zero-order chi connectivity index (χ0) is 84.7. The first-order chi connectivity index (χ1) is 54.6. The quantitative estimate of drug-likeness (QED) is 0.119. The summed E-state index contributed by atoms with van der Waals surface area (Å²) in [5.74, 6) is 0. The van der Waals surface area contributed by atoms with Crippen LogP contribution in [0.4, 0.5) is 0 Å². The van der Waals surface area contributed by atoms with Gasteiger partial charge in [-0.2, -0.15) is 36.4 Å². The standard InChI is InChI=1S/C20H16.C18H14.2C14H13N.C14H12.C7H9N.11C2H6.Y/c1-13-11-19-18-10-6-4-8-16(18)14(2)12-20(19)17-9-5-3-7-15(13)17;1-11-3-5-13-8-10-16-12(2)4-6-14-7-9-15(11)17(13)18(14)16;1-10-7-8-14-12(9-10)11-5-3-4-6-13(11)15(14)2;1-10-7-8-12-11-5-3-4-6-13(11)15(2)14(12)9-10;1-11-5-3-7-13(9-11)14-8-4-6-12(2)10-14;1-6-3-4-7(2)8-5-6;11*1-2;/h3-12H,1-2H3;3-10H,1-2H3;2*3-9H,1-2H3;3-8H,1-2H3;3-5H,1-2H3;11*1-2H3;/q;;;;-2;;;;;;;;;;;;;. The molecule has 0 fully saturated rings. The van der Waals surface area contributed by atoms with Crippen molar-refractivity contribution >= 4 is 108 Å². The largest absolute Gasteiger partial charge is 0.344 e. The molecule has 0 aliphatic heterocycles. The normalized spacial score (nSPS) is 9.43. The first-order valence-corrected chi connectivity index (χ1v) is 42.3. The van der Waals surface area contributed by atoms with E-state index in [0.717, 1.165) is 27.9 Å². The first kappa shape index (κ1) is 104. The van der Waals surface area contributed by atoms with Crippen molar-refractivity contribution in [1.29, 1.82) is 0 Å². The molecular weight excluding hydrogens is 1440 g/mol. The molecule has 0 N–H and O–H groups in total. The molecule has 0 saturated carbocycles. The molecule has 17 aromatic rings. The number of aromatic nitrogens is 3. The molecule has 3 aromatic heterocycles. The molecule has 0 bridgehead atoms. The van der Waals surface area contributed by atoms with Gasteiger partial charge in [0.25, 0.3) is 0 Å². The van der Waals surface area contributed by atoms with Crippen molar-refractivity contribution < 1.29 is 32.7 Å². The minimum absolute atomic E-state index is 0. The Kier molecular flexibility index (Phi) is 52.2. The third-order valence-electron chi connectivity index (χ3n) is 17.8. The van der Waals surface area contributed by atoms with Crippen LogP contribution in [0.15, 0.2) is 249 Å². The molecule has 113 heavy (non-hydrogen) atoms. The number of hydrogen-bond acceptors (Lipinski definition) is 1. The van der Waals surface area contributed by atoms with Crippen LogP contribution in [0.2, 0.25) is 0 Å². The van der Waals surface area contributed by atoms with E-state index in [1.165, 1.54) is 147 Å². The summed E-state index contributed by atoms with van der Waals surface area (Å²) in [4.78, 5) is 4.08. The van der Waals surface area contributed by atoms with Crippen molar-refractivity contribution in [3.8, 4) is 11.1 Å². The van der Waals surface area contributed by atoms with Gasteiger partial charge < -0.3 is 9.13 Å². The van der Waals surface area contributed by atoms with E-state index < -0.39 is 0 Å². The second kappa shape index (κ2) is 56.9. The Morgan fingerprint density at radius 2 is 0.549 bits per heavy atom. The molecule has 0 amide bonds. The van der Waals surface area contributed by atoms with Crippen LogP contribution in [0.5, 0.6) is 0 Å². The average Bonchev–Trinajstić information content (AvgIpc) is 1.71. The van der Waals surface area contributed by atoms with Crippen molar-refractivity contribution in [2.24, 2.45) is 14.1 Å². The molecule has 17 rings (SSSR count). The van der Waals surface area contributed by atoms with Crippen LogP contribution in [-0.2, 0) is 46.8 Å². The number of pyridine rings is 1. The predicted molar refractivity (Wildman–Crippen MR) is 516 cm³/mol. The van der Waals surface area contributed by atoms with Crippen molar-refractivity contribution in [2.45, 2.75) is 222 Å². The molecule has 0 saturated heterocycles. The second-order valence-corrected chi connectivity index (χ2v) is 24.4. The molecule has 4 heteroatoms. The molecule has 3 heterocycles. The Morgan fingerprint density at radius 3 is 0.938 bits per heavy atom. The maximum Gasteiger partial charge on any atom is 0.0491 e. The molecule has 0 unspecified atom stereocenters. The van der Waals surface area contributed by atoms with Crippen LogP contribution >= 0.6 is 0 Å². The molecule has 1 radical (unpaired) electrons. The molecule has 0 aliphatic carbocycles. The summed E-state index contributed by atoms with van der Waals surface area (Å²) < 4.78 is 4.52. The summed E-state index contributed by atoms with van der Waals surface area (Å²) in [6, 6.07) is 93.4. The van der Waals surface area contributed by atoms with E-state index in [-0.39, 0.29) is 32.7 Å². The van der Waals surface area contributed by atoms with Crippen molar-refractivity contribution in [3.05, 3.63) is 317 Å². The zero-order valence-corrected chi connectivity index (χ0v) is 79.4. The number of para-hydroxylation sites is 2. The molecular formula is C109H143N3Y-2. The smallest absolute Gasteiger partial charge is 0.0491 e. The zero-order valence-electron chi connectivity index (χ0n) is 76.6. The van der Waals surface area contributed by atoms with Crippen LogP contribution in [0, 0.1) is 81.4 Å². The minimum Gasteiger partial charge on any atom is -0.344 e. The Hall–Kier alpha value is -9.25. The van der Waals surface area contributed by atoms with Gasteiger partial charge in [-0.15, -0.1) is 23.3 Å². The first-order valence-electron chi connectivity index (χ1n) is 42.3. The van der Waals surface area contributed by atoms with Gasteiger partial charge in [0.2, 0.25) is 0 Å². The summed E-state index contributed by atoms with van der Waals surface area (Å²) in [5.41, 5.74) is 20.1. The van der Waals surface area contributed by atoms with Crippen molar-refractivity contribution in [2.75, 3.05) is 0 Å². The number of benzene rings is 14. The van der Waals surface area contributed by atoms with E-state index in [9.17, 15) is 0 Å². The van der Waals surface area contributed by atoms with E-state index >= 15 is 0 Å². The van der Waals surface area contributed by atoms with Crippen molar-refractivity contribution in [1.82, 2.24) is 14.1 Å². The SMILES string of the molecule is CC.CC.CC.CC.CC.CC.CC.CC.CC.CC.CC.Cc1[c-]c(-c2[c-]c(C)ccc2)ccc1.Cc1cc2c3ccccc3c(C)cc2c2ccccc12.Cc1ccc(C)nc1.Cc1ccc2c(c1)c1ccccc1n2C.Cc1ccc2c3ccccc3n(C)c2c1.Cc1ccc2ccc3c(C)ccc4ccc1c2c43.[Y]. The van der Waals surface area contributed by atoms with E-state index in [0.29, 0.717) is 0 Å². The van der Waals surface area contributed by atoms with E-state index in [1.54, 1.807) is 0 Å². The summed E-state index contributed by atoms with van der Waals surface area (Å²) in [6.07, 6.45) is 1.87. The number of fused-ring (bicyclic) bond motifs is 11. The second-order valence-electron chi connectivity index (χ2n) is 24.4. The molecule has 0 atom stereocenters. The van der Waals surface area contributed by atoms with Gasteiger partial charge in [0.05, 0.1) is 0 Å². The Morgan fingerprint density at radius 1 is 0.230 bits per heavy atom. The number of aryl methyl sites for hydroxylation is 12. The fourth-order valence-electron chi connectivity index (χ4n) is 13.0. The molecule has 14 aromatic carbocycles. The summed E-state index contributed by atoms with van der Waals surface area (Å²) in [5, 5.41) is 21.9. The monoisotopic (exact) mass is 1580 g/mol. The average molecular weight is 1580 g/mol. The maximum absolute atomic E-state index is 4.08. The van der Waals surface area contributed by atoms with Crippen LogP contribution in [-0.4, -0.2) is 14.1 Å². The van der Waals surface area contributed by atoms with Gasteiger partial charge in [-0.25, -0.2) is 11.1 Å². The topological polar surface area (TPSA) is 22.8 Å². The maximum atomic E-state index is 4.08. The van der Waals surface area contributed by atoms with Crippen LogP contribution in [0.1, 0.15) is 208 Å².